The first-order valence-corrected chi connectivity index (χ1v) is 22.1. The Balaban J connectivity index is 0.866. The van der Waals surface area contributed by atoms with Crippen LogP contribution < -0.4 is 0 Å². The number of hydrogen-bond donors (Lipinski definition) is 0. The number of fused-ring (bicyclic) bond motifs is 7. The predicted molar refractivity (Wildman–Crippen MR) is 266 cm³/mol. The fourth-order valence-electron chi connectivity index (χ4n) is 8.94. The van der Waals surface area contributed by atoms with E-state index in [1.807, 2.05) is 47.7 Å². The third kappa shape index (κ3) is 6.74. The Bertz CT molecular complexity index is 3580. The molecule has 3 aromatic heterocycles. The summed E-state index contributed by atoms with van der Waals surface area (Å²) in [6.07, 6.45) is 0. The SMILES string of the molecule is c1ccc(-c2cc(-c3ccc(-c4cccc(-c5ccc(-c6ccc7sc8ccc9c(-c%10ccccc%10)nc%10ccccc%10c9c8c7c6)cc5)c4)cc3)nc(-c3ccccc3)n2)cc1. The van der Waals surface area contributed by atoms with Crippen LogP contribution in [0.3, 0.4) is 0 Å². The lowest BCUT2D eigenvalue weighted by Crippen LogP contribution is -1.95. The highest BCUT2D eigenvalue weighted by atomic mass is 32.1. The van der Waals surface area contributed by atoms with Gasteiger partial charge in [0.15, 0.2) is 5.82 Å². The number of benzene rings is 9. The minimum Gasteiger partial charge on any atom is -0.247 e. The normalized spacial score (nSPS) is 11.5. The standard InChI is InChI=1S/C59H37N3S/c1-4-13-41(14-5-1)52-37-53(62-59(61-52)44-17-8-3-9-18-44)42-29-27-39(28-30-42)46-20-12-19-45(35-46)38-23-25-40(26-24-38)47-31-33-54-50(36-47)57-55(63-54)34-32-49-56(57)48-21-10-11-22-51(48)60-58(49)43-15-6-2-7-16-43/h1-37H. The zero-order chi connectivity index (χ0) is 41.7. The quantitative estimate of drug-likeness (QED) is 0.150. The summed E-state index contributed by atoms with van der Waals surface area (Å²) in [6.45, 7) is 0. The second kappa shape index (κ2) is 15.4. The smallest absolute Gasteiger partial charge is 0.160 e. The molecule has 0 aliphatic heterocycles. The third-order valence-corrected chi connectivity index (χ3v) is 13.2. The molecule has 12 aromatic rings. The number of pyridine rings is 1. The second-order valence-electron chi connectivity index (χ2n) is 15.9. The van der Waals surface area contributed by atoms with Gasteiger partial charge in [-0.3, -0.25) is 0 Å². The summed E-state index contributed by atoms with van der Waals surface area (Å²) in [4.78, 5) is 15.2. The van der Waals surface area contributed by atoms with Crippen LogP contribution in [0, 0.1) is 0 Å². The van der Waals surface area contributed by atoms with E-state index in [0.717, 1.165) is 50.4 Å². The number of para-hydroxylation sites is 1. The van der Waals surface area contributed by atoms with Crippen LogP contribution >= 0.6 is 11.3 Å². The molecule has 0 bridgehead atoms. The molecule has 3 heterocycles. The van der Waals surface area contributed by atoms with Gasteiger partial charge in [-0.15, -0.1) is 11.3 Å². The molecule has 3 nitrogen and oxygen atoms in total. The van der Waals surface area contributed by atoms with E-state index in [9.17, 15) is 0 Å². The van der Waals surface area contributed by atoms with Gasteiger partial charge < -0.3 is 0 Å². The zero-order valence-corrected chi connectivity index (χ0v) is 34.9. The van der Waals surface area contributed by atoms with Crippen molar-refractivity contribution in [3.63, 3.8) is 0 Å². The Morgan fingerprint density at radius 2 is 0.762 bits per heavy atom. The largest absolute Gasteiger partial charge is 0.247 e. The molecule has 4 heteroatoms. The number of aromatic nitrogens is 3. The summed E-state index contributed by atoms with van der Waals surface area (Å²) in [6, 6.07) is 79.8. The number of nitrogens with zero attached hydrogens (tertiary/aromatic N) is 3. The summed E-state index contributed by atoms with van der Waals surface area (Å²) >= 11 is 1.86. The Hall–Kier alpha value is -8.05. The van der Waals surface area contributed by atoms with Crippen molar-refractivity contribution in [2.45, 2.75) is 0 Å². The molecule has 0 unspecified atom stereocenters. The van der Waals surface area contributed by atoms with Gasteiger partial charge in [0.05, 0.1) is 22.6 Å². The van der Waals surface area contributed by atoms with Crippen LogP contribution in [0.15, 0.2) is 224 Å². The van der Waals surface area contributed by atoms with Crippen LogP contribution in [0.5, 0.6) is 0 Å². The van der Waals surface area contributed by atoms with Gasteiger partial charge in [-0.05, 0) is 69.8 Å². The number of hydrogen-bond acceptors (Lipinski definition) is 4. The van der Waals surface area contributed by atoms with Crippen LogP contribution in [0.4, 0.5) is 0 Å². The molecule has 294 valence electrons. The summed E-state index contributed by atoms with van der Waals surface area (Å²) in [7, 11) is 0. The van der Waals surface area contributed by atoms with Gasteiger partial charge >= 0.3 is 0 Å². The van der Waals surface area contributed by atoms with Gasteiger partial charge in [-0.1, -0.05) is 188 Å². The molecule has 0 saturated heterocycles. The fraction of sp³-hybridized carbons (Fsp3) is 0. The molecule has 0 saturated carbocycles. The molecular formula is C59H37N3S. The van der Waals surface area contributed by atoms with Gasteiger partial charge in [-0.25, -0.2) is 15.0 Å². The van der Waals surface area contributed by atoms with Crippen LogP contribution in [0.1, 0.15) is 0 Å². The molecule has 12 rings (SSSR count). The van der Waals surface area contributed by atoms with Crippen LogP contribution in [0.25, 0.3) is 120 Å². The van der Waals surface area contributed by atoms with Crippen molar-refractivity contribution in [1.29, 1.82) is 0 Å². The van der Waals surface area contributed by atoms with Crippen LogP contribution in [0.2, 0.25) is 0 Å². The van der Waals surface area contributed by atoms with E-state index >= 15 is 0 Å². The summed E-state index contributed by atoms with van der Waals surface area (Å²) < 4.78 is 2.58. The lowest BCUT2D eigenvalue weighted by molar-refractivity contribution is 1.18. The molecule has 0 N–H and O–H groups in total. The molecule has 0 fully saturated rings. The maximum Gasteiger partial charge on any atom is 0.160 e. The van der Waals surface area contributed by atoms with Crippen LogP contribution in [-0.2, 0) is 0 Å². The lowest BCUT2D eigenvalue weighted by atomic mass is 9.94. The molecule has 0 amide bonds. The van der Waals surface area contributed by atoms with Gasteiger partial charge in [0.25, 0.3) is 0 Å². The highest BCUT2D eigenvalue weighted by molar-refractivity contribution is 7.26. The van der Waals surface area contributed by atoms with E-state index in [1.54, 1.807) is 0 Å². The summed E-state index contributed by atoms with van der Waals surface area (Å²) in [5, 5.41) is 6.22. The Labute approximate surface area is 369 Å². The predicted octanol–water partition coefficient (Wildman–Crippen LogP) is 16.2. The van der Waals surface area contributed by atoms with Gasteiger partial charge in [0.1, 0.15) is 0 Å². The average Bonchev–Trinajstić information content (AvgIpc) is 3.75. The first kappa shape index (κ1) is 36.8. The Kier molecular flexibility index (Phi) is 9.02. The van der Waals surface area contributed by atoms with Crippen molar-refractivity contribution in [2.24, 2.45) is 0 Å². The maximum absolute atomic E-state index is 5.20. The van der Waals surface area contributed by atoms with E-state index in [-0.39, 0.29) is 0 Å². The number of rotatable bonds is 7. The van der Waals surface area contributed by atoms with E-state index < -0.39 is 0 Å². The van der Waals surface area contributed by atoms with Crippen LogP contribution in [-0.4, -0.2) is 15.0 Å². The highest BCUT2D eigenvalue weighted by Crippen LogP contribution is 2.44. The molecule has 0 atom stereocenters. The van der Waals surface area contributed by atoms with E-state index in [2.05, 4.69) is 188 Å². The van der Waals surface area contributed by atoms with Gasteiger partial charge in [0.2, 0.25) is 0 Å². The van der Waals surface area contributed by atoms with E-state index in [4.69, 9.17) is 15.0 Å². The van der Waals surface area contributed by atoms with Crippen molar-refractivity contribution < 1.29 is 0 Å². The average molecular weight is 820 g/mol. The van der Waals surface area contributed by atoms with E-state index in [0.29, 0.717) is 5.82 Å². The first-order valence-electron chi connectivity index (χ1n) is 21.2. The molecule has 0 aliphatic rings. The Morgan fingerprint density at radius 1 is 0.270 bits per heavy atom. The maximum atomic E-state index is 5.20. The molecular weight excluding hydrogens is 783 g/mol. The van der Waals surface area contributed by atoms with E-state index in [1.165, 1.54) is 64.1 Å². The zero-order valence-electron chi connectivity index (χ0n) is 34.1. The van der Waals surface area contributed by atoms with Crippen molar-refractivity contribution in [2.75, 3.05) is 0 Å². The molecule has 9 aromatic carbocycles. The Morgan fingerprint density at radius 3 is 1.41 bits per heavy atom. The summed E-state index contributed by atoms with van der Waals surface area (Å²) in [5.74, 6) is 0.716. The number of thiophene rings is 1. The van der Waals surface area contributed by atoms with Gasteiger partial charge in [0, 0.05) is 58.6 Å². The minimum absolute atomic E-state index is 0.716. The molecule has 0 radical (unpaired) electrons. The highest BCUT2D eigenvalue weighted by Gasteiger charge is 2.17. The second-order valence-corrected chi connectivity index (χ2v) is 17.0. The topological polar surface area (TPSA) is 38.7 Å². The minimum atomic E-state index is 0.716. The summed E-state index contributed by atoms with van der Waals surface area (Å²) in [5.41, 5.74) is 15.2. The third-order valence-electron chi connectivity index (χ3n) is 12.1. The molecule has 0 aliphatic carbocycles. The van der Waals surface area contributed by atoms with Gasteiger partial charge in [-0.2, -0.15) is 0 Å². The van der Waals surface area contributed by atoms with Crippen molar-refractivity contribution >= 4 is 53.2 Å². The molecule has 63 heavy (non-hydrogen) atoms. The first-order chi connectivity index (χ1) is 31.2. The van der Waals surface area contributed by atoms with Crippen molar-refractivity contribution in [3.8, 4) is 78.5 Å². The van der Waals surface area contributed by atoms with Crippen molar-refractivity contribution in [3.05, 3.63) is 224 Å². The molecule has 0 spiro atoms. The lowest BCUT2D eigenvalue weighted by Gasteiger charge is -2.12. The van der Waals surface area contributed by atoms with Crippen molar-refractivity contribution in [1.82, 2.24) is 15.0 Å². The fourth-order valence-corrected chi connectivity index (χ4v) is 10.0. The monoisotopic (exact) mass is 819 g/mol.